The molecule has 0 saturated carbocycles. The summed E-state index contributed by atoms with van der Waals surface area (Å²) in [6, 6.07) is 1.97. The van der Waals surface area contributed by atoms with E-state index in [1.165, 1.54) is 19.3 Å². The van der Waals surface area contributed by atoms with E-state index in [-0.39, 0.29) is 5.60 Å². The second-order valence-electron chi connectivity index (χ2n) is 5.27. The molecule has 2 heterocycles. The van der Waals surface area contributed by atoms with Crippen LogP contribution in [0.3, 0.4) is 0 Å². The number of piperidine rings is 1. The van der Waals surface area contributed by atoms with E-state index in [9.17, 15) is 4.79 Å². The van der Waals surface area contributed by atoms with Crippen LogP contribution < -0.4 is 5.01 Å². The van der Waals surface area contributed by atoms with Gasteiger partial charge in [-0.15, -0.1) is 0 Å². The van der Waals surface area contributed by atoms with Gasteiger partial charge in [-0.1, -0.05) is 0 Å². The average molecular weight is 253 g/mol. The van der Waals surface area contributed by atoms with E-state index in [1.54, 1.807) is 0 Å². The van der Waals surface area contributed by atoms with Gasteiger partial charge in [0.25, 0.3) is 6.47 Å². The zero-order valence-electron chi connectivity index (χ0n) is 11.5. The lowest BCUT2D eigenvalue weighted by molar-refractivity contribution is -0.138. The fraction of sp³-hybridized carbons (Fsp3) is 0.692. The molecule has 0 unspecified atom stereocenters. The lowest BCUT2D eigenvalue weighted by Gasteiger charge is -2.27. The number of hydrogen-bond donors (Lipinski definition) is 0. The van der Waals surface area contributed by atoms with Gasteiger partial charge in [0.2, 0.25) is 0 Å². The summed E-state index contributed by atoms with van der Waals surface area (Å²) in [5, 5.41) is 6.46. The highest BCUT2D eigenvalue weighted by molar-refractivity contribution is 5.37. The highest BCUT2D eigenvalue weighted by Gasteiger charge is 2.09. The number of hydrogen-bond acceptors (Lipinski definition) is 4. The van der Waals surface area contributed by atoms with Crippen LogP contribution in [0.5, 0.6) is 0 Å². The number of carbonyl (C=O) groups excluding carboxylic acids is 1. The van der Waals surface area contributed by atoms with Crippen molar-refractivity contribution < 1.29 is 9.53 Å². The molecule has 1 aromatic heterocycles. The highest BCUT2D eigenvalue weighted by Crippen LogP contribution is 2.06. The summed E-state index contributed by atoms with van der Waals surface area (Å²) in [6.07, 6.45) is 7.82. The molecule has 0 aliphatic carbocycles. The van der Waals surface area contributed by atoms with Crippen molar-refractivity contribution >= 4 is 6.47 Å². The van der Waals surface area contributed by atoms with Crippen molar-refractivity contribution in [1.82, 2.24) is 9.89 Å². The number of nitrogens with zero attached hydrogens (tertiary/aromatic N) is 3. The number of aromatic nitrogens is 2. The lowest BCUT2D eigenvalue weighted by Crippen LogP contribution is -2.39. The maximum atomic E-state index is 9.60. The molecule has 18 heavy (non-hydrogen) atoms. The molecule has 0 atom stereocenters. The van der Waals surface area contributed by atoms with Crippen LogP contribution in [-0.2, 0) is 9.53 Å². The van der Waals surface area contributed by atoms with Gasteiger partial charge < -0.3 is 4.74 Å². The molecule has 1 aromatic rings. The molecule has 102 valence electrons. The van der Waals surface area contributed by atoms with Crippen LogP contribution >= 0.6 is 0 Å². The first-order chi connectivity index (χ1) is 8.53. The zero-order valence-corrected chi connectivity index (χ0v) is 11.5. The molecule has 0 aromatic carbocycles. The van der Waals surface area contributed by atoms with Crippen molar-refractivity contribution in [3.8, 4) is 0 Å². The van der Waals surface area contributed by atoms with Crippen molar-refractivity contribution in [3.63, 3.8) is 0 Å². The first-order valence-electron chi connectivity index (χ1n) is 6.39. The van der Waals surface area contributed by atoms with E-state index in [1.807, 2.05) is 44.0 Å². The topological polar surface area (TPSA) is 47.4 Å². The maximum Gasteiger partial charge on any atom is 0.293 e. The summed E-state index contributed by atoms with van der Waals surface area (Å²) in [4.78, 5) is 11.5. The summed E-state index contributed by atoms with van der Waals surface area (Å²) < 4.78 is 4.55. The molecular weight excluding hydrogens is 230 g/mol. The Hall–Kier alpha value is -1.52. The van der Waals surface area contributed by atoms with Crippen molar-refractivity contribution in [2.75, 3.05) is 18.1 Å². The smallest absolute Gasteiger partial charge is 0.293 e. The van der Waals surface area contributed by atoms with E-state index in [2.05, 4.69) is 14.8 Å². The minimum Gasteiger partial charge on any atom is -0.462 e. The molecule has 0 radical (unpaired) electrons. The summed E-state index contributed by atoms with van der Waals surface area (Å²) in [5.41, 5.74) is -0.318. The molecule has 1 aliphatic rings. The van der Waals surface area contributed by atoms with Crippen LogP contribution in [-0.4, -0.2) is 35.1 Å². The van der Waals surface area contributed by atoms with Gasteiger partial charge in [0.15, 0.2) is 0 Å². The van der Waals surface area contributed by atoms with Crippen LogP contribution in [0.25, 0.3) is 0 Å². The summed E-state index contributed by atoms with van der Waals surface area (Å²) >= 11 is 0. The van der Waals surface area contributed by atoms with Gasteiger partial charge >= 0.3 is 0 Å². The lowest BCUT2D eigenvalue weighted by atomic mass is 10.2. The van der Waals surface area contributed by atoms with E-state index < -0.39 is 0 Å². The van der Waals surface area contributed by atoms with Gasteiger partial charge in [-0.05, 0) is 46.1 Å². The number of ether oxygens (including phenoxy) is 1. The Bertz CT molecular complexity index is 325. The quantitative estimate of drug-likeness (QED) is 0.756. The Morgan fingerprint density at radius 2 is 1.89 bits per heavy atom. The third-order valence-electron chi connectivity index (χ3n) is 2.51. The summed E-state index contributed by atoms with van der Waals surface area (Å²) in [5.74, 6) is 0. The van der Waals surface area contributed by atoms with Crippen molar-refractivity contribution in [1.29, 1.82) is 0 Å². The van der Waals surface area contributed by atoms with Gasteiger partial charge in [0.1, 0.15) is 5.60 Å². The van der Waals surface area contributed by atoms with E-state index in [0.29, 0.717) is 6.47 Å². The average Bonchev–Trinajstić information content (AvgIpc) is 2.83. The van der Waals surface area contributed by atoms with Gasteiger partial charge in [-0.25, -0.2) is 0 Å². The Morgan fingerprint density at radius 1 is 1.22 bits per heavy atom. The molecule has 0 spiro atoms. The predicted molar refractivity (Wildman–Crippen MR) is 70.9 cm³/mol. The third-order valence-corrected chi connectivity index (χ3v) is 2.51. The van der Waals surface area contributed by atoms with Gasteiger partial charge in [-0.3, -0.25) is 9.80 Å². The van der Waals surface area contributed by atoms with Crippen LogP contribution in [0, 0.1) is 0 Å². The fourth-order valence-electron chi connectivity index (χ4n) is 1.65. The molecule has 0 amide bonds. The minimum atomic E-state index is -0.318. The van der Waals surface area contributed by atoms with Crippen molar-refractivity contribution in [3.05, 3.63) is 18.5 Å². The Kier molecular flexibility index (Phi) is 5.68. The predicted octanol–water partition coefficient (Wildman–Crippen LogP) is 1.96. The third kappa shape index (κ3) is 5.70. The molecule has 1 fully saturated rings. The molecular formula is C13H23N3O2. The number of carbonyl (C=O) groups is 1. The first-order valence-corrected chi connectivity index (χ1v) is 6.39. The fourth-order valence-corrected chi connectivity index (χ4v) is 1.65. The van der Waals surface area contributed by atoms with Crippen molar-refractivity contribution in [2.24, 2.45) is 0 Å². The first kappa shape index (κ1) is 14.5. The largest absolute Gasteiger partial charge is 0.462 e. The molecule has 2 rings (SSSR count). The minimum absolute atomic E-state index is 0.318. The summed E-state index contributed by atoms with van der Waals surface area (Å²) in [6.45, 7) is 8.23. The SMILES string of the molecule is CC(C)(C)OC=O.c1cnn(N2CCCCC2)c1. The van der Waals surface area contributed by atoms with E-state index in [0.717, 1.165) is 13.1 Å². The van der Waals surface area contributed by atoms with Gasteiger partial charge in [-0.2, -0.15) is 9.89 Å². The van der Waals surface area contributed by atoms with E-state index in [4.69, 9.17) is 0 Å². The molecule has 0 N–H and O–H groups in total. The Balaban J connectivity index is 0.000000203. The standard InChI is InChI=1S/C8H13N3.C5H10O2/c1-2-6-10(7-3-1)11-8-4-5-9-11;1-5(2,3)7-4-6/h4-5,8H,1-3,6-7H2;4H,1-3H3. The van der Waals surface area contributed by atoms with Crippen molar-refractivity contribution in [2.45, 2.75) is 45.6 Å². The van der Waals surface area contributed by atoms with Gasteiger partial charge in [0, 0.05) is 19.3 Å². The maximum absolute atomic E-state index is 9.60. The normalized spacial score (nSPS) is 15.6. The summed E-state index contributed by atoms with van der Waals surface area (Å²) in [7, 11) is 0. The second-order valence-corrected chi connectivity index (χ2v) is 5.27. The number of rotatable bonds is 2. The molecule has 5 nitrogen and oxygen atoms in total. The monoisotopic (exact) mass is 253 g/mol. The molecule has 1 aliphatic heterocycles. The zero-order chi connectivity index (χ0) is 13.4. The molecule has 5 heteroatoms. The van der Waals surface area contributed by atoms with Crippen LogP contribution in [0.15, 0.2) is 18.5 Å². The van der Waals surface area contributed by atoms with Gasteiger partial charge in [0.05, 0.1) is 6.20 Å². The molecule has 0 bridgehead atoms. The van der Waals surface area contributed by atoms with E-state index >= 15 is 0 Å². The van der Waals surface area contributed by atoms with Crippen LogP contribution in [0.1, 0.15) is 40.0 Å². The van der Waals surface area contributed by atoms with Crippen LogP contribution in [0.2, 0.25) is 0 Å². The Morgan fingerprint density at radius 3 is 2.28 bits per heavy atom. The second kappa shape index (κ2) is 7.03. The Labute approximate surface area is 109 Å². The highest BCUT2D eigenvalue weighted by atomic mass is 16.5. The van der Waals surface area contributed by atoms with Crippen LogP contribution in [0.4, 0.5) is 0 Å². The molecule has 1 saturated heterocycles.